The molecule has 0 bridgehead atoms. The SMILES string of the molecule is Cc1nc(NC(=O)c2ccccc2N2CCOCC2)sc1-c1ccccc1. The summed E-state index contributed by atoms with van der Waals surface area (Å²) in [6.07, 6.45) is 0. The average molecular weight is 379 g/mol. The molecule has 27 heavy (non-hydrogen) atoms. The Hall–Kier alpha value is -2.70. The normalized spacial score (nSPS) is 14.2. The van der Waals surface area contributed by atoms with E-state index in [-0.39, 0.29) is 5.91 Å². The fourth-order valence-electron chi connectivity index (χ4n) is 3.22. The molecule has 0 radical (unpaired) electrons. The van der Waals surface area contributed by atoms with Crippen LogP contribution in [0.15, 0.2) is 54.6 Å². The lowest BCUT2D eigenvalue weighted by atomic mass is 10.1. The maximum absolute atomic E-state index is 12.9. The van der Waals surface area contributed by atoms with Crippen molar-refractivity contribution in [3.63, 3.8) is 0 Å². The van der Waals surface area contributed by atoms with Gasteiger partial charge < -0.3 is 9.64 Å². The maximum atomic E-state index is 12.9. The number of morpholine rings is 1. The predicted octanol–water partition coefficient (Wildman–Crippen LogP) is 4.21. The molecule has 2 heterocycles. The molecule has 1 aliphatic rings. The van der Waals surface area contributed by atoms with Crippen LogP contribution in [-0.2, 0) is 4.74 Å². The number of aromatic nitrogens is 1. The molecular weight excluding hydrogens is 358 g/mol. The van der Waals surface area contributed by atoms with Gasteiger partial charge in [0, 0.05) is 18.8 Å². The molecule has 1 amide bonds. The van der Waals surface area contributed by atoms with Gasteiger partial charge in [0.1, 0.15) is 0 Å². The van der Waals surface area contributed by atoms with Crippen molar-refractivity contribution < 1.29 is 9.53 Å². The smallest absolute Gasteiger partial charge is 0.259 e. The number of hydrogen-bond donors (Lipinski definition) is 1. The molecule has 1 aliphatic heterocycles. The summed E-state index contributed by atoms with van der Waals surface area (Å²) in [4.78, 5) is 20.8. The Morgan fingerprint density at radius 2 is 1.78 bits per heavy atom. The first kappa shape index (κ1) is 17.7. The summed E-state index contributed by atoms with van der Waals surface area (Å²) >= 11 is 1.50. The molecule has 0 aliphatic carbocycles. The number of carbonyl (C=O) groups is 1. The van der Waals surface area contributed by atoms with Gasteiger partial charge in [0.2, 0.25) is 0 Å². The maximum Gasteiger partial charge on any atom is 0.259 e. The average Bonchev–Trinajstić information content (AvgIpc) is 3.09. The van der Waals surface area contributed by atoms with Crippen LogP contribution in [0.25, 0.3) is 10.4 Å². The van der Waals surface area contributed by atoms with Crippen molar-refractivity contribution in [2.75, 3.05) is 36.5 Å². The Morgan fingerprint density at radius 1 is 1.07 bits per heavy atom. The third-order valence-electron chi connectivity index (χ3n) is 4.55. The van der Waals surface area contributed by atoms with Crippen LogP contribution < -0.4 is 10.2 Å². The van der Waals surface area contributed by atoms with E-state index in [1.54, 1.807) is 0 Å². The highest BCUT2D eigenvalue weighted by molar-refractivity contribution is 7.19. The highest BCUT2D eigenvalue weighted by Gasteiger charge is 2.20. The van der Waals surface area contributed by atoms with Crippen LogP contribution in [0.1, 0.15) is 16.1 Å². The number of ether oxygens (including phenoxy) is 1. The number of nitrogens with one attached hydrogen (secondary N) is 1. The van der Waals surface area contributed by atoms with E-state index in [4.69, 9.17) is 4.74 Å². The lowest BCUT2D eigenvalue weighted by Gasteiger charge is -2.30. The molecule has 0 atom stereocenters. The van der Waals surface area contributed by atoms with Gasteiger partial charge in [-0.3, -0.25) is 10.1 Å². The molecule has 0 spiro atoms. The summed E-state index contributed by atoms with van der Waals surface area (Å²) in [5.74, 6) is -0.134. The molecule has 1 saturated heterocycles. The zero-order valence-corrected chi connectivity index (χ0v) is 16.0. The van der Waals surface area contributed by atoms with Gasteiger partial charge in [-0.15, -0.1) is 0 Å². The van der Waals surface area contributed by atoms with Gasteiger partial charge in [0.05, 0.1) is 29.3 Å². The molecular formula is C21H21N3O2S. The summed E-state index contributed by atoms with van der Waals surface area (Å²) < 4.78 is 5.42. The van der Waals surface area contributed by atoms with Crippen molar-refractivity contribution in [3.05, 3.63) is 65.9 Å². The number of rotatable bonds is 4. The number of thiazole rings is 1. The minimum atomic E-state index is -0.134. The number of amides is 1. The van der Waals surface area contributed by atoms with Gasteiger partial charge in [-0.1, -0.05) is 53.8 Å². The number of anilines is 2. The third kappa shape index (κ3) is 3.86. The van der Waals surface area contributed by atoms with Gasteiger partial charge in [-0.25, -0.2) is 4.98 Å². The predicted molar refractivity (Wildman–Crippen MR) is 110 cm³/mol. The molecule has 3 aromatic rings. The topological polar surface area (TPSA) is 54.5 Å². The van der Waals surface area contributed by atoms with E-state index in [1.807, 2.05) is 49.4 Å². The summed E-state index contributed by atoms with van der Waals surface area (Å²) in [5, 5.41) is 3.60. The van der Waals surface area contributed by atoms with Crippen LogP contribution in [0.4, 0.5) is 10.8 Å². The quantitative estimate of drug-likeness (QED) is 0.738. The molecule has 138 valence electrons. The van der Waals surface area contributed by atoms with Crippen LogP contribution >= 0.6 is 11.3 Å². The van der Waals surface area contributed by atoms with E-state index < -0.39 is 0 Å². The molecule has 1 aromatic heterocycles. The minimum absolute atomic E-state index is 0.134. The van der Waals surface area contributed by atoms with Crippen LogP contribution in [0.2, 0.25) is 0 Å². The molecule has 2 aromatic carbocycles. The number of hydrogen-bond acceptors (Lipinski definition) is 5. The Balaban J connectivity index is 1.57. The third-order valence-corrected chi connectivity index (χ3v) is 5.68. The molecule has 1 N–H and O–H groups in total. The largest absolute Gasteiger partial charge is 0.378 e. The summed E-state index contributed by atoms with van der Waals surface area (Å²) in [6.45, 7) is 4.91. The van der Waals surface area contributed by atoms with Crippen LogP contribution in [0.3, 0.4) is 0 Å². The van der Waals surface area contributed by atoms with Crippen molar-refractivity contribution in [1.29, 1.82) is 0 Å². The first-order valence-corrected chi connectivity index (χ1v) is 9.80. The summed E-state index contributed by atoms with van der Waals surface area (Å²) in [7, 11) is 0. The molecule has 4 rings (SSSR count). The summed E-state index contributed by atoms with van der Waals surface area (Å²) in [5.41, 5.74) is 3.63. The van der Waals surface area contributed by atoms with E-state index in [1.165, 1.54) is 11.3 Å². The molecule has 1 fully saturated rings. The molecule has 5 nitrogen and oxygen atoms in total. The zero-order chi connectivity index (χ0) is 18.6. The highest BCUT2D eigenvalue weighted by atomic mass is 32.1. The number of aryl methyl sites for hydroxylation is 1. The number of carbonyl (C=O) groups excluding carboxylic acids is 1. The first-order valence-electron chi connectivity index (χ1n) is 8.98. The molecule has 0 unspecified atom stereocenters. The monoisotopic (exact) mass is 379 g/mol. The van der Waals surface area contributed by atoms with Gasteiger partial charge >= 0.3 is 0 Å². The minimum Gasteiger partial charge on any atom is -0.378 e. The van der Waals surface area contributed by atoms with Crippen molar-refractivity contribution in [2.24, 2.45) is 0 Å². The van der Waals surface area contributed by atoms with Crippen LogP contribution in [0, 0.1) is 6.92 Å². The fourth-order valence-corrected chi connectivity index (χ4v) is 4.18. The second-order valence-electron chi connectivity index (χ2n) is 6.37. The summed E-state index contributed by atoms with van der Waals surface area (Å²) in [6, 6.07) is 17.8. The van der Waals surface area contributed by atoms with Gasteiger partial charge in [-0.2, -0.15) is 0 Å². The Bertz CT molecular complexity index is 934. The molecule has 6 heteroatoms. The van der Waals surface area contributed by atoms with Gasteiger partial charge in [0.15, 0.2) is 5.13 Å². The van der Waals surface area contributed by atoms with E-state index in [2.05, 4.69) is 27.3 Å². The molecule has 0 saturated carbocycles. The van der Waals surface area contributed by atoms with Crippen LogP contribution in [-0.4, -0.2) is 37.2 Å². The van der Waals surface area contributed by atoms with E-state index in [0.29, 0.717) is 23.9 Å². The van der Waals surface area contributed by atoms with Crippen molar-refractivity contribution in [3.8, 4) is 10.4 Å². The van der Waals surface area contributed by atoms with E-state index >= 15 is 0 Å². The van der Waals surface area contributed by atoms with Gasteiger partial charge in [-0.05, 0) is 24.6 Å². The number of para-hydroxylation sites is 1. The second kappa shape index (κ2) is 7.90. The van der Waals surface area contributed by atoms with Crippen molar-refractivity contribution >= 4 is 28.1 Å². The number of nitrogens with zero attached hydrogens (tertiary/aromatic N) is 2. The van der Waals surface area contributed by atoms with Crippen LogP contribution in [0.5, 0.6) is 0 Å². The van der Waals surface area contributed by atoms with Crippen molar-refractivity contribution in [2.45, 2.75) is 6.92 Å². The van der Waals surface area contributed by atoms with E-state index in [9.17, 15) is 4.79 Å². The zero-order valence-electron chi connectivity index (χ0n) is 15.1. The lowest BCUT2D eigenvalue weighted by molar-refractivity contribution is 0.102. The van der Waals surface area contributed by atoms with E-state index in [0.717, 1.165) is 34.9 Å². The Labute approximate surface area is 162 Å². The fraction of sp³-hybridized carbons (Fsp3) is 0.238. The first-order chi connectivity index (χ1) is 13.2. The second-order valence-corrected chi connectivity index (χ2v) is 7.37. The Morgan fingerprint density at radius 3 is 2.56 bits per heavy atom. The lowest BCUT2D eigenvalue weighted by Crippen LogP contribution is -2.37. The van der Waals surface area contributed by atoms with Crippen molar-refractivity contribution in [1.82, 2.24) is 4.98 Å². The Kier molecular flexibility index (Phi) is 5.18. The standard InChI is InChI=1S/C21H21N3O2S/c1-15-19(16-7-3-2-4-8-16)27-21(22-15)23-20(25)17-9-5-6-10-18(17)24-11-13-26-14-12-24/h2-10H,11-14H2,1H3,(H,22,23,25). The van der Waals surface area contributed by atoms with Gasteiger partial charge in [0.25, 0.3) is 5.91 Å². The highest BCUT2D eigenvalue weighted by Crippen LogP contribution is 2.33. The number of benzene rings is 2.